The van der Waals surface area contributed by atoms with Crippen LogP contribution >= 0.6 is 0 Å². The van der Waals surface area contributed by atoms with Gasteiger partial charge in [-0.25, -0.2) is 13.8 Å². The van der Waals surface area contributed by atoms with E-state index in [1.807, 2.05) is 18.5 Å². The van der Waals surface area contributed by atoms with Gasteiger partial charge in [0.25, 0.3) is 5.91 Å². The molecule has 1 heterocycles. The molecule has 5 nitrogen and oxygen atoms in total. The Kier molecular flexibility index (Phi) is 3.67. The highest BCUT2D eigenvalue weighted by molar-refractivity contribution is 6.05. The molecule has 0 aliphatic carbocycles. The van der Waals surface area contributed by atoms with Gasteiger partial charge in [-0.2, -0.15) is 4.39 Å². The van der Waals surface area contributed by atoms with E-state index in [1.165, 1.54) is 0 Å². The van der Waals surface area contributed by atoms with Gasteiger partial charge in [0.05, 0.1) is 16.6 Å². The number of halogens is 3. The number of phenols is 1. The van der Waals surface area contributed by atoms with E-state index in [0.717, 1.165) is 11.3 Å². The van der Waals surface area contributed by atoms with Crippen LogP contribution in [0.15, 0.2) is 24.3 Å². The minimum atomic E-state index is -1.74. The first-order valence-electron chi connectivity index (χ1n) is 6.90. The lowest BCUT2D eigenvalue weighted by Crippen LogP contribution is -2.15. The summed E-state index contributed by atoms with van der Waals surface area (Å²) >= 11 is 0. The number of rotatable bonds is 2. The lowest BCUT2D eigenvalue weighted by molar-refractivity contribution is 0.102. The summed E-state index contributed by atoms with van der Waals surface area (Å²) in [7, 11) is 1.84. The second-order valence-electron chi connectivity index (χ2n) is 5.26. The fourth-order valence-electron chi connectivity index (χ4n) is 2.35. The summed E-state index contributed by atoms with van der Waals surface area (Å²) in [6.45, 7) is 1.82. The number of nitrogens with zero attached hydrogens (tertiary/aromatic N) is 2. The predicted molar refractivity (Wildman–Crippen MR) is 81.4 cm³/mol. The number of imidazole rings is 1. The van der Waals surface area contributed by atoms with Crippen LogP contribution in [0.4, 0.5) is 18.9 Å². The Balaban J connectivity index is 1.95. The van der Waals surface area contributed by atoms with Crippen molar-refractivity contribution in [3.8, 4) is 5.75 Å². The van der Waals surface area contributed by atoms with Crippen LogP contribution in [-0.4, -0.2) is 20.6 Å². The number of carbonyl (C=O) groups excluding carboxylic acids is 1. The molecular formula is C16H12F3N3O2. The number of anilines is 1. The summed E-state index contributed by atoms with van der Waals surface area (Å²) in [6.07, 6.45) is 0. The zero-order chi connectivity index (χ0) is 17.6. The van der Waals surface area contributed by atoms with Gasteiger partial charge in [-0.15, -0.1) is 0 Å². The van der Waals surface area contributed by atoms with Crippen molar-refractivity contribution in [3.63, 3.8) is 0 Å². The third kappa shape index (κ3) is 2.45. The number of aromatic nitrogens is 2. The normalized spacial score (nSPS) is 11.0. The lowest BCUT2D eigenvalue weighted by Gasteiger charge is -2.08. The first-order chi connectivity index (χ1) is 11.3. The maximum Gasteiger partial charge on any atom is 0.258 e. The molecular weight excluding hydrogens is 323 g/mol. The number of amides is 1. The van der Waals surface area contributed by atoms with E-state index >= 15 is 0 Å². The fourth-order valence-corrected chi connectivity index (χ4v) is 2.35. The summed E-state index contributed by atoms with van der Waals surface area (Å²) in [5, 5.41) is 11.5. The van der Waals surface area contributed by atoms with E-state index in [0.29, 0.717) is 17.3 Å². The molecule has 0 aliphatic rings. The Bertz CT molecular complexity index is 983. The summed E-state index contributed by atoms with van der Waals surface area (Å²) in [5.74, 6) is -6.57. The molecule has 1 amide bonds. The number of phenolic OH excluding ortho intramolecular Hbond substituents is 1. The third-order valence-corrected chi connectivity index (χ3v) is 3.74. The summed E-state index contributed by atoms with van der Waals surface area (Å²) in [6, 6.07) is 5.24. The quantitative estimate of drug-likeness (QED) is 0.707. The van der Waals surface area contributed by atoms with Crippen molar-refractivity contribution in [3.05, 3.63) is 53.1 Å². The average molecular weight is 335 g/mol. The zero-order valence-electron chi connectivity index (χ0n) is 12.7. The Labute approximate surface area is 134 Å². The smallest absolute Gasteiger partial charge is 0.258 e. The van der Waals surface area contributed by atoms with Gasteiger partial charge in [0.1, 0.15) is 5.82 Å². The van der Waals surface area contributed by atoms with Gasteiger partial charge in [0, 0.05) is 12.7 Å². The molecule has 2 N–H and O–H groups in total. The molecule has 0 saturated heterocycles. The molecule has 0 radical (unpaired) electrons. The minimum Gasteiger partial charge on any atom is -0.503 e. The largest absolute Gasteiger partial charge is 0.503 e. The molecule has 3 rings (SSSR count). The van der Waals surface area contributed by atoms with Crippen molar-refractivity contribution in [2.24, 2.45) is 7.05 Å². The first-order valence-corrected chi connectivity index (χ1v) is 6.90. The molecule has 0 unspecified atom stereocenters. The van der Waals surface area contributed by atoms with Crippen LogP contribution in [0.2, 0.25) is 0 Å². The van der Waals surface area contributed by atoms with E-state index in [9.17, 15) is 23.1 Å². The molecule has 1 aromatic heterocycles. The SMILES string of the molecule is Cc1nc2cc(NC(=O)c3cc(F)c(F)c(O)c3F)ccc2n1C. The number of carbonyl (C=O) groups is 1. The highest BCUT2D eigenvalue weighted by Gasteiger charge is 2.22. The maximum atomic E-state index is 13.8. The second kappa shape index (κ2) is 5.55. The van der Waals surface area contributed by atoms with Crippen LogP contribution in [0.25, 0.3) is 11.0 Å². The minimum absolute atomic E-state index is 0.300. The number of fused-ring (bicyclic) bond motifs is 1. The highest BCUT2D eigenvalue weighted by Crippen LogP contribution is 2.27. The number of aromatic hydroxyl groups is 1. The molecule has 0 aliphatic heterocycles. The molecule has 0 saturated carbocycles. The zero-order valence-corrected chi connectivity index (χ0v) is 12.7. The molecule has 0 fully saturated rings. The monoisotopic (exact) mass is 335 g/mol. The van der Waals surface area contributed by atoms with Gasteiger partial charge in [0.2, 0.25) is 5.82 Å². The first kappa shape index (κ1) is 15.9. The van der Waals surface area contributed by atoms with Crippen LogP contribution in [0.1, 0.15) is 16.2 Å². The van der Waals surface area contributed by atoms with Gasteiger partial charge in [-0.3, -0.25) is 4.79 Å². The van der Waals surface area contributed by atoms with Gasteiger partial charge < -0.3 is 15.0 Å². The van der Waals surface area contributed by atoms with Crippen molar-refractivity contribution >= 4 is 22.6 Å². The van der Waals surface area contributed by atoms with E-state index < -0.39 is 34.7 Å². The predicted octanol–water partition coefficient (Wildman–Crippen LogP) is 3.26. The van der Waals surface area contributed by atoms with Crippen molar-refractivity contribution in [1.82, 2.24) is 9.55 Å². The molecule has 3 aromatic rings. The molecule has 24 heavy (non-hydrogen) atoms. The number of hydrogen-bond acceptors (Lipinski definition) is 3. The molecule has 0 spiro atoms. The van der Waals surface area contributed by atoms with E-state index in [1.54, 1.807) is 18.2 Å². The van der Waals surface area contributed by atoms with Gasteiger partial charge in [-0.05, 0) is 31.2 Å². The Morgan fingerprint density at radius 2 is 1.92 bits per heavy atom. The maximum absolute atomic E-state index is 13.8. The van der Waals surface area contributed by atoms with Crippen LogP contribution in [0, 0.1) is 24.4 Å². The number of benzene rings is 2. The van der Waals surface area contributed by atoms with E-state index in [4.69, 9.17) is 0 Å². The number of hydrogen-bond donors (Lipinski definition) is 2. The van der Waals surface area contributed by atoms with E-state index in [2.05, 4.69) is 10.3 Å². The van der Waals surface area contributed by atoms with Crippen LogP contribution in [-0.2, 0) is 7.05 Å². The Hall–Kier alpha value is -3.03. The molecule has 0 bridgehead atoms. The molecule has 124 valence electrons. The fraction of sp³-hybridized carbons (Fsp3) is 0.125. The van der Waals surface area contributed by atoms with Crippen molar-refractivity contribution in [2.45, 2.75) is 6.92 Å². The number of nitrogens with one attached hydrogen (secondary N) is 1. The topological polar surface area (TPSA) is 67.2 Å². The molecule has 8 heteroatoms. The lowest BCUT2D eigenvalue weighted by atomic mass is 10.1. The van der Waals surface area contributed by atoms with Crippen molar-refractivity contribution in [2.75, 3.05) is 5.32 Å². The summed E-state index contributed by atoms with van der Waals surface area (Å²) in [4.78, 5) is 16.4. The van der Waals surface area contributed by atoms with Crippen LogP contribution in [0.5, 0.6) is 5.75 Å². The average Bonchev–Trinajstić information content (AvgIpc) is 2.83. The molecule has 2 aromatic carbocycles. The van der Waals surface area contributed by atoms with Crippen molar-refractivity contribution < 1.29 is 23.1 Å². The van der Waals surface area contributed by atoms with E-state index in [-0.39, 0.29) is 0 Å². The second-order valence-corrected chi connectivity index (χ2v) is 5.26. The third-order valence-electron chi connectivity index (χ3n) is 3.74. The van der Waals surface area contributed by atoms with Crippen molar-refractivity contribution in [1.29, 1.82) is 0 Å². The van der Waals surface area contributed by atoms with Gasteiger partial charge in [-0.1, -0.05) is 0 Å². The van der Waals surface area contributed by atoms with Gasteiger partial charge >= 0.3 is 0 Å². The summed E-state index contributed by atoms with van der Waals surface area (Å²) in [5.41, 5.74) is 0.946. The standard InChI is InChI=1S/C16H12F3N3O2/c1-7-20-11-5-8(3-4-12(11)22(7)2)21-16(24)9-6-10(17)14(19)15(23)13(9)18/h3-6,23H,1-2H3,(H,21,24). The summed E-state index contributed by atoms with van der Waals surface area (Å²) < 4.78 is 42.0. The molecule has 0 atom stereocenters. The Morgan fingerprint density at radius 1 is 1.21 bits per heavy atom. The van der Waals surface area contributed by atoms with Crippen LogP contribution in [0.3, 0.4) is 0 Å². The van der Waals surface area contributed by atoms with Crippen LogP contribution < -0.4 is 5.32 Å². The highest BCUT2D eigenvalue weighted by atomic mass is 19.2. The Morgan fingerprint density at radius 3 is 2.62 bits per heavy atom. The van der Waals surface area contributed by atoms with Gasteiger partial charge in [0.15, 0.2) is 17.4 Å². The number of aryl methyl sites for hydroxylation is 2.